The second kappa shape index (κ2) is 13.3. The molecule has 1 unspecified atom stereocenters. The highest BCUT2D eigenvalue weighted by atomic mass is 16.5. The highest BCUT2D eigenvalue weighted by Crippen LogP contribution is 2.44. The Morgan fingerprint density at radius 1 is 0.885 bits per heavy atom. The van der Waals surface area contributed by atoms with Crippen LogP contribution in [0.5, 0.6) is 11.5 Å². The normalized spacial score (nSPS) is 20.4. The van der Waals surface area contributed by atoms with Gasteiger partial charge in [0.25, 0.3) is 5.56 Å². The molecule has 4 aliphatic rings. The van der Waals surface area contributed by atoms with Crippen molar-refractivity contribution in [2.75, 3.05) is 45.3 Å². The van der Waals surface area contributed by atoms with Crippen molar-refractivity contribution >= 4 is 28.5 Å². The maximum Gasteiger partial charge on any atom is 0.329 e. The number of piperidine rings is 3. The van der Waals surface area contributed by atoms with Crippen LogP contribution in [0, 0.1) is 5.41 Å². The zero-order valence-electron chi connectivity index (χ0n) is 30.6. The number of nitrogens with one attached hydrogen (secondary N) is 1. The smallest absolute Gasteiger partial charge is 0.329 e. The highest BCUT2D eigenvalue weighted by Gasteiger charge is 2.40. The molecule has 3 saturated heterocycles. The van der Waals surface area contributed by atoms with Crippen molar-refractivity contribution in [2.45, 2.75) is 70.4 Å². The van der Waals surface area contributed by atoms with Gasteiger partial charge in [-0.05, 0) is 98.7 Å². The molecule has 52 heavy (non-hydrogen) atoms. The van der Waals surface area contributed by atoms with Crippen molar-refractivity contribution < 1.29 is 19.1 Å². The summed E-state index contributed by atoms with van der Waals surface area (Å²) in [6.07, 6.45) is 9.57. The summed E-state index contributed by atoms with van der Waals surface area (Å²) < 4.78 is 17.0. The summed E-state index contributed by atoms with van der Waals surface area (Å²) in [5.74, 6) is 0.881. The maximum absolute atomic E-state index is 13.5. The topological polar surface area (TPSA) is 120 Å². The molecule has 1 aliphatic carbocycles. The summed E-state index contributed by atoms with van der Waals surface area (Å²) in [4.78, 5) is 55.9. The van der Waals surface area contributed by atoms with Gasteiger partial charge in [-0.1, -0.05) is 6.07 Å². The first-order chi connectivity index (χ1) is 25.1. The van der Waals surface area contributed by atoms with Gasteiger partial charge in [0.1, 0.15) is 17.5 Å². The number of anilines is 1. The zero-order chi connectivity index (χ0) is 36.3. The van der Waals surface area contributed by atoms with Crippen LogP contribution in [0.4, 0.5) is 5.69 Å². The number of imidazole rings is 1. The number of benzene rings is 2. The number of aryl methyl sites for hydroxylation is 2. The summed E-state index contributed by atoms with van der Waals surface area (Å²) in [7, 11) is 7.03. The average Bonchev–Trinajstić information content (AvgIpc) is 3.73. The first-order valence-electron chi connectivity index (χ1n) is 18.6. The molecular formula is C40H48N6O6. The number of amides is 2. The zero-order valence-corrected chi connectivity index (χ0v) is 30.6. The molecule has 4 aromatic rings. The standard InChI is InChI=1S/C40H48N6O6/c1-42-22-28(26-8-5-9-27(26)38(42)49)25-20-33(51-3)29(34(21-25)52-4)23-44-17-7-14-40(24-44)15-18-45(19-16-40)30-10-6-11-31-36(30)43(2)39(50)46(31)32-12-13-35(47)41-37(32)48/h6,10-11,20-22,32H,5,7-9,12-19,23-24H2,1-4H3,(H,41,47,48). The van der Waals surface area contributed by atoms with E-state index in [1.54, 1.807) is 35.0 Å². The van der Waals surface area contributed by atoms with Crippen LogP contribution in [0.2, 0.25) is 0 Å². The van der Waals surface area contributed by atoms with Gasteiger partial charge in [0.05, 0.1) is 36.5 Å². The van der Waals surface area contributed by atoms with E-state index in [2.05, 4.69) is 33.3 Å². The Kier molecular flexibility index (Phi) is 8.76. The van der Waals surface area contributed by atoms with Crippen LogP contribution in [-0.4, -0.2) is 70.8 Å². The number of nitrogens with zero attached hydrogens (tertiary/aromatic N) is 5. The fourth-order valence-electron chi connectivity index (χ4n) is 9.57. The molecule has 12 nitrogen and oxygen atoms in total. The molecule has 2 aromatic carbocycles. The number of likely N-dealkylation sites (tertiary alicyclic amines) is 1. The van der Waals surface area contributed by atoms with Gasteiger partial charge in [-0.15, -0.1) is 0 Å². The van der Waals surface area contributed by atoms with Crippen LogP contribution >= 0.6 is 0 Å². The Bertz CT molecular complexity index is 2180. The molecule has 1 spiro atoms. The van der Waals surface area contributed by atoms with Crippen LogP contribution in [0.25, 0.3) is 22.2 Å². The van der Waals surface area contributed by atoms with Crippen LogP contribution in [0.3, 0.4) is 0 Å². The second-order valence-corrected chi connectivity index (χ2v) is 15.3. The third-order valence-corrected chi connectivity index (χ3v) is 12.3. The molecule has 0 radical (unpaired) electrons. The number of carbonyl (C=O) groups excluding carboxylic acids is 2. The number of carbonyl (C=O) groups is 2. The number of para-hydroxylation sites is 1. The largest absolute Gasteiger partial charge is 0.496 e. The van der Waals surface area contributed by atoms with E-state index in [1.165, 1.54) is 6.42 Å². The molecule has 12 heteroatoms. The Morgan fingerprint density at radius 3 is 2.33 bits per heavy atom. The second-order valence-electron chi connectivity index (χ2n) is 15.3. The molecule has 0 bridgehead atoms. The molecule has 2 amide bonds. The van der Waals surface area contributed by atoms with Gasteiger partial charge in [0.15, 0.2) is 0 Å². The average molecular weight is 709 g/mol. The fraction of sp³-hybridized carbons (Fsp3) is 0.500. The van der Waals surface area contributed by atoms with E-state index < -0.39 is 11.9 Å². The van der Waals surface area contributed by atoms with E-state index in [0.29, 0.717) is 6.42 Å². The number of hydrogen-bond acceptors (Lipinski definition) is 8. The first kappa shape index (κ1) is 34.3. The quantitative estimate of drug-likeness (QED) is 0.286. The van der Waals surface area contributed by atoms with Gasteiger partial charge < -0.3 is 18.9 Å². The van der Waals surface area contributed by atoms with Crippen molar-refractivity contribution in [1.82, 2.24) is 23.9 Å². The third kappa shape index (κ3) is 5.71. The van der Waals surface area contributed by atoms with E-state index in [-0.39, 0.29) is 29.0 Å². The molecule has 274 valence electrons. The molecule has 1 atom stereocenters. The van der Waals surface area contributed by atoms with Crippen molar-refractivity contribution in [2.24, 2.45) is 19.5 Å². The van der Waals surface area contributed by atoms with Gasteiger partial charge >= 0.3 is 5.69 Å². The van der Waals surface area contributed by atoms with E-state index in [4.69, 9.17) is 9.47 Å². The molecule has 1 N–H and O–H groups in total. The lowest BCUT2D eigenvalue weighted by atomic mass is 9.72. The van der Waals surface area contributed by atoms with E-state index >= 15 is 0 Å². The predicted molar refractivity (Wildman–Crippen MR) is 199 cm³/mol. The Balaban J connectivity index is 1.01. The number of fused-ring (bicyclic) bond motifs is 2. The lowest BCUT2D eigenvalue weighted by Gasteiger charge is -2.48. The van der Waals surface area contributed by atoms with E-state index in [0.717, 1.165) is 127 Å². The molecule has 5 heterocycles. The minimum atomic E-state index is -0.704. The first-order valence-corrected chi connectivity index (χ1v) is 18.6. The Labute approximate surface area is 302 Å². The van der Waals surface area contributed by atoms with Crippen molar-refractivity contribution in [3.8, 4) is 22.6 Å². The van der Waals surface area contributed by atoms with E-state index in [1.807, 2.05) is 25.4 Å². The molecule has 3 aliphatic heterocycles. The molecule has 3 fully saturated rings. The van der Waals surface area contributed by atoms with Crippen LogP contribution in [0.15, 0.2) is 46.1 Å². The summed E-state index contributed by atoms with van der Waals surface area (Å²) in [6.45, 7) is 4.45. The highest BCUT2D eigenvalue weighted by molar-refractivity contribution is 6.00. The number of pyridine rings is 1. The SMILES string of the molecule is COc1cc(-c2cn(C)c(=O)c3c2CCC3)cc(OC)c1CN1CCCC2(CCN(c3cccc4c3n(C)c(=O)n4C3CCC(=O)NC3=O)CC2)C1. The lowest BCUT2D eigenvalue weighted by Crippen LogP contribution is -2.49. The summed E-state index contributed by atoms with van der Waals surface area (Å²) in [5.41, 5.74) is 7.78. The van der Waals surface area contributed by atoms with E-state index in [9.17, 15) is 19.2 Å². The summed E-state index contributed by atoms with van der Waals surface area (Å²) in [5, 5.41) is 2.41. The van der Waals surface area contributed by atoms with Crippen LogP contribution in [0.1, 0.15) is 67.7 Å². The Morgan fingerprint density at radius 2 is 1.62 bits per heavy atom. The van der Waals surface area contributed by atoms with Crippen molar-refractivity contribution in [3.63, 3.8) is 0 Å². The number of rotatable bonds is 7. The molecular weight excluding hydrogens is 660 g/mol. The molecule has 8 rings (SSSR count). The minimum Gasteiger partial charge on any atom is -0.496 e. The maximum atomic E-state index is 13.5. The van der Waals surface area contributed by atoms with Crippen molar-refractivity contribution in [3.05, 3.63) is 74.1 Å². The van der Waals surface area contributed by atoms with Gasteiger partial charge in [-0.2, -0.15) is 0 Å². The van der Waals surface area contributed by atoms with Gasteiger partial charge in [-0.3, -0.25) is 33.7 Å². The van der Waals surface area contributed by atoms with Gasteiger partial charge in [-0.25, -0.2) is 4.79 Å². The van der Waals surface area contributed by atoms with Crippen LogP contribution in [-0.2, 0) is 43.1 Å². The Hall–Kier alpha value is -4.84. The van der Waals surface area contributed by atoms with Crippen molar-refractivity contribution in [1.29, 1.82) is 0 Å². The summed E-state index contributed by atoms with van der Waals surface area (Å²) >= 11 is 0. The number of hydrogen-bond donors (Lipinski definition) is 1. The number of imide groups is 1. The predicted octanol–water partition coefficient (Wildman–Crippen LogP) is 4.07. The van der Waals surface area contributed by atoms with Gasteiger partial charge in [0.2, 0.25) is 11.8 Å². The summed E-state index contributed by atoms with van der Waals surface area (Å²) in [6, 6.07) is 9.45. The molecule has 0 saturated carbocycles. The number of methoxy groups -OCH3 is 2. The number of ether oxygens (including phenoxy) is 2. The van der Waals surface area contributed by atoms with Gasteiger partial charge in [0, 0.05) is 64.0 Å². The minimum absolute atomic E-state index is 0.100. The monoisotopic (exact) mass is 708 g/mol. The third-order valence-electron chi connectivity index (χ3n) is 12.3. The van der Waals surface area contributed by atoms with Crippen LogP contribution < -0.4 is 30.9 Å². The molecule has 2 aromatic heterocycles. The number of aromatic nitrogens is 3. The fourth-order valence-corrected chi connectivity index (χ4v) is 9.57. The lowest BCUT2D eigenvalue weighted by molar-refractivity contribution is -0.135.